The standard InChI is InChI=1S/C29H27N5O3/c1-36-24-13-14-27(37-2)25(19-24)28-26(20-34(32-28)22-7-4-3-5-8-22)29(35)30-17-15-21-9-11-23(12-10-21)33-18-6-16-31-33/h3-14,16,18-20H,15,17H2,1-2H3,(H,30,35). The van der Waals surface area contributed by atoms with Crippen LogP contribution in [0.15, 0.2) is 97.5 Å². The predicted octanol–water partition coefficient (Wildman–Crippen LogP) is 4.71. The van der Waals surface area contributed by atoms with Gasteiger partial charge in [0.05, 0.1) is 31.2 Å². The van der Waals surface area contributed by atoms with Crippen LogP contribution in [-0.4, -0.2) is 46.2 Å². The van der Waals surface area contributed by atoms with Gasteiger partial charge in [0.2, 0.25) is 0 Å². The van der Waals surface area contributed by atoms with Crippen LogP contribution in [0.3, 0.4) is 0 Å². The Morgan fingerprint density at radius 1 is 0.892 bits per heavy atom. The molecular weight excluding hydrogens is 466 g/mol. The SMILES string of the molecule is COc1ccc(OC)c(-c2nn(-c3ccccc3)cc2C(=O)NCCc2ccc(-n3cccn3)cc2)c1. The van der Waals surface area contributed by atoms with E-state index in [1.165, 1.54) is 0 Å². The number of methoxy groups -OCH3 is 2. The number of amides is 1. The lowest BCUT2D eigenvalue weighted by atomic mass is 10.1. The van der Waals surface area contributed by atoms with Crippen LogP contribution >= 0.6 is 0 Å². The Bertz CT molecular complexity index is 1480. The van der Waals surface area contributed by atoms with E-state index in [0.717, 1.165) is 16.9 Å². The zero-order valence-electron chi connectivity index (χ0n) is 20.7. The van der Waals surface area contributed by atoms with Gasteiger partial charge < -0.3 is 14.8 Å². The summed E-state index contributed by atoms with van der Waals surface area (Å²) in [6, 6.07) is 25.1. The average molecular weight is 494 g/mol. The highest BCUT2D eigenvalue weighted by atomic mass is 16.5. The molecule has 0 aliphatic carbocycles. The van der Waals surface area contributed by atoms with Crippen LogP contribution in [0.2, 0.25) is 0 Å². The Labute approximate surface area is 215 Å². The maximum atomic E-state index is 13.4. The molecule has 1 amide bonds. The fourth-order valence-corrected chi connectivity index (χ4v) is 4.10. The van der Waals surface area contributed by atoms with Gasteiger partial charge in [-0.1, -0.05) is 30.3 Å². The third-order valence-electron chi connectivity index (χ3n) is 6.05. The summed E-state index contributed by atoms with van der Waals surface area (Å²) in [4.78, 5) is 13.4. The van der Waals surface area contributed by atoms with Gasteiger partial charge >= 0.3 is 0 Å². The molecule has 8 nitrogen and oxygen atoms in total. The van der Waals surface area contributed by atoms with Gasteiger partial charge in [-0.15, -0.1) is 0 Å². The van der Waals surface area contributed by atoms with Crippen molar-refractivity contribution in [1.82, 2.24) is 24.9 Å². The summed E-state index contributed by atoms with van der Waals surface area (Å²) in [5, 5.41) is 12.1. The van der Waals surface area contributed by atoms with Gasteiger partial charge in [0.1, 0.15) is 17.2 Å². The summed E-state index contributed by atoms with van der Waals surface area (Å²) in [5.74, 6) is 1.04. The topological polar surface area (TPSA) is 83.2 Å². The number of hydrogen-bond acceptors (Lipinski definition) is 5. The zero-order valence-corrected chi connectivity index (χ0v) is 20.7. The predicted molar refractivity (Wildman–Crippen MR) is 142 cm³/mol. The number of rotatable bonds is 9. The van der Waals surface area contributed by atoms with Crippen LogP contribution in [0.1, 0.15) is 15.9 Å². The van der Waals surface area contributed by atoms with Crippen LogP contribution in [-0.2, 0) is 6.42 Å². The molecule has 0 spiro atoms. The van der Waals surface area contributed by atoms with Gasteiger partial charge in [0, 0.05) is 30.7 Å². The van der Waals surface area contributed by atoms with E-state index in [1.807, 2.05) is 89.7 Å². The number of para-hydroxylation sites is 1. The number of nitrogens with zero attached hydrogens (tertiary/aromatic N) is 4. The quantitative estimate of drug-likeness (QED) is 0.321. The molecule has 2 heterocycles. The Morgan fingerprint density at radius 3 is 2.38 bits per heavy atom. The average Bonchev–Trinajstić information content (AvgIpc) is 3.65. The van der Waals surface area contributed by atoms with Crippen LogP contribution < -0.4 is 14.8 Å². The van der Waals surface area contributed by atoms with Crippen molar-refractivity contribution < 1.29 is 14.3 Å². The van der Waals surface area contributed by atoms with Crippen molar-refractivity contribution in [2.24, 2.45) is 0 Å². The molecule has 0 unspecified atom stereocenters. The minimum Gasteiger partial charge on any atom is -0.497 e. The summed E-state index contributed by atoms with van der Waals surface area (Å²) in [5.41, 5.74) is 4.59. The number of aromatic nitrogens is 4. The monoisotopic (exact) mass is 493 g/mol. The Balaban J connectivity index is 1.38. The normalized spacial score (nSPS) is 10.8. The largest absolute Gasteiger partial charge is 0.497 e. The molecule has 0 saturated carbocycles. The molecule has 37 heavy (non-hydrogen) atoms. The second-order valence-corrected chi connectivity index (χ2v) is 8.36. The Hall–Kier alpha value is -4.85. The number of nitrogens with one attached hydrogen (secondary N) is 1. The second kappa shape index (κ2) is 10.8. The minimum absolute atomic E-state index is 0.213. The third kappa shape index (κ3) is 5.23. The number of ether oxygens (including phenoxy) is 2. The van der Waals surface area contributed by atoms with E-state index in [2.05, 4.69) is 10.4 Å². The highest BCUT2D eigenvalue weighted by Gasteiger charge is 2.22. The smallest absolute Gasteiger partial charge is 0.255 e. The van der Waals surface area contributed by atoms with E-state index >= 15 is 0 Å². The number of benzene rings is 3. The number of carbonyl (C=O) groups excluding carboxylic acids is 1. The van der Waals surface area contributed by atoms with Crippen LogP contribution in [0.4, 0.5) is 0 Å². The van der Waals surface area contributed by atoms with Crippen molar-refractivity contribution in [3.8, 4) is 34.1 Å². The molecule has 2 aromatic heterocycles. The molecule has 0 radical (unpaired) electrons. The first-order valence-electron chi connectivity index (χ1n) is 11.9. The van der Waals surface area contributed by atoms with Crippen molar-refractivity contribution in [2.75, 3.05) is 20.8 Å². The first-order valence-corrected chi connectivity index (χ1v) is 11.9. The maximum absolute atomic E-state index is 13.4. The molecule has 186 valence electrons. The number of hydrogen-bond donors (Lipinski definition) is 1. The first kappa shape index (κ1) is 23.9. The van der Waals surface area contributed by atoms with Crippen molar-refractivity contribution in [3.05, 3.63) is 109 Å². The molecule has 0 aliphatic heterocycles. The van der Waals surface area contributed by atoms with Crippen LogP contribution in [0.5, 0.6) is 11.5 Å². The summed E-state index contributed by atoms with van der Waals surface area (Å²) in [6.07, 6.45) is 6.09. The number of carbonyl (C=O) groups is 1. The van der Waals surface area contributed by atoms with E-state index < -0.39 is 0 Å². The lowest BCUT2D eigenvalue weighted by molar-refractivity contribution is 0.0954. The van der Waals surface area contributed by atoms with Crippen molar-refractivity contribution in [1.29, 1.82) is 0 Å². The molecule has 0 saturated heterocycles. The van der Waals surface area contributed by atoms with Crippen molar-refractivity contribution in [2.45, 2.75) is 6.42 Å². The molecule has 5 rings (SSSR count). The molecule has 0 bridgehead atoms. The summed E-state index contributed by atoms with van der Waals surface area (Å²) in [6.45, 7) is 0.477. The van der Waals surface area contributed by atoms with Gasteiger partial charge in [-0.3, -0.25) is 4.79 Å². The van der Waals surface area contributed by atoms with Gasteiger partial charge in [0.15, 0.2) is 0 Å². The van der Waals surface area contributed by atoms with Gasteiger partial charge in [-0.05, 0) is 60.5 Å². The molecule has 3 aromatic carbocycles. The van der Waals surface area contributed by atoms with Crippen molar-refractivity contribution >= 4 is 5.91 Å². The zero-order chi connectivity index (χ0) is 25.6. The third-order valence-corrected chi connectivity index (χ3v) is 6.05. The lowest BCUT2D eigenvalue weighted by Crippen LogP contribution is -2.26. The van der Waals surface area contributed by atoms with Gasteiger partial charge in [-0.2, -0.15) is 10.2 Å². The summed E-state index contributed by atoms with van der Waals surface area (Å²) in [7, 11) is 3.19. The van der Waals surface area contributed by atoms with E-state index in [0.29, 0.717) is 41.3 Å². The molecular formula is C29H27N5O3. The maximum Gasteiger partial charge on any atom is 0.255 e. The molecule has 1 N–H and O–H groups in total. The molecule has 0 atom stereocenters. The van der Waals surface area contributed by atoms with Crippen molar-refractivity contribution in [3.63, 3.8) is 0 Å². The lowest BCUT2D eigenvalue weighted by Gasteiger charge is -2.11. The van der Waals surface area contributed by atoms with Gasteiger partial charge in [0.25, 0.3) is 5.91 Å². The highest BCUT2D eigenvalue weighted by molar-refractivity contribution is 6.00. The first-order chi connectivity index (χ1) is 18.2. The summed E-state index contributed by atoms with van der Waals surface area (Å²) >= 11 is 0. The van der Waals surface area contributed by atoms with Crippen LogP contribution in [0.25, 0.3) is 22.6 Å². The fourth-order valence-electron chi connectivity index (χ4n) is 4.10. The van der Waals surface area contributed by atoms with E-state index in [1.54, 1.807) is 31.3 Å². The molecule has 0 fully saturated rings. The summed E-state index contributed by atoms with van der Waals surface area (Å²) < 4.78 is 14.5. The fraction of sp³-hybridized carbons (Fsp3) is 0.138. The molecule has 8 heteroatoms. The Morgan fingerprint density at radius 2 is 1.68 bits per heavy atom. The molecule has 5 aromatic rings. The minimum atomic E-state index is -0.213. The highest BCUT2D eigenvalue weighted by Crippen LogP contribution is 2.35. The van der Waals surface area contributed by atoms with Gasteiger partial charge in [-0.25, -0.2) is 9.36 Å². The van der Waals surface area contributed by atoms with Crippen LogP contribution in [0, 0.1) is 0 Å². The van der Waals surface area contributed by atoms with E-state index in [-0.39, 0.29) is 5.91 Å². The van der Waals surface area contributed by atoms with E-state index in [9.17, 15) is 4.79 Å². The second-order valence-electron chi connectivity index (χ2n) is 8.36. The van der Waals surface area contributed by atoms with E-state index in [4.69, 9.17) is 14.6 Å². The Kier molecular flexibility index (Phi) is 6.98. The molecule has 0 aliphatic rings.